The van der Waals surface area contributed by atoms with Crippen LogP contribution >= 0.6 is 35.4 Å². The highest BCUT2D eigenvalue weighted by atomic mass is 35.5. The second-order valence-corrected chi connectivity index (χ2v) is 5.75. The highest BCUT2D eigenvalue weighted by Crippen LogP contribution is 2.22. The van der Waals surface area contributed by atoms with Gasteiger partial charge in [0.1, 0.15) is 4.99 Å². The predicted molar refractivity (Wildman–Crippen MR) is 91.5 cm³/mol. The molecule has 3 nitrogen and oxygen atoms in total. The summed E-state index contributed by atoms with van der Waals surface area (Å²) < 4.78 is 0. The summed E-state index contributed by atoms with van der Waals surface area (Å²) in [6, 6.07) is 11.9. The fourth-order valence-electron chi connectivity index (χ4n) is 1.86. The fourth-order valence-corrected chi connectivity index (χ4v) is 2.51. The number of hydrogen-bond donors (Lipinski definition) is 1. The summed E-state index contributed by atoms with van der Waals surface area (Å²) >= 11 is 16.8. The van der Waals surface area contributed by atoms with Crippen molar-refractivity contribution in [3.05, 3.63) is 63.6 Å². The average Bonchev–Trinajstić information content (AvgIpc) is 2.44. The smallest absolute Gasteiger partial charge is 0.258 e. The van der Waals surface area contributed by atoms with Crippen molar-refractivity contribution in [2.45, 2.75) is 0 Å². The van der Waals surface area contributed by atoms with Crippen molar-refractivity contribution >= 4 is 52.0 Å². The molecule has 0 spiro atoms. The van der Waals surface area contributed by atoms with E-state index in [1.165, 1.54) is 4.90 Å². The fraction of sp³-hybridized carbons (Fsp3) is 0.0667. The molecule has 0 heterocycles. The Balaban J connectivity index is 2.34. The van der Waals surface area contributed by atoms with Crippen LogP contribution in [0.25, 0.3) is 0 Å². The Morgan fingerprint density at radius 1 is 1.10 bits per heavy atom. The van der Waals surface area contributed by atoms with Gasteiger partial charge in [0.15, 0.2) is 0 Å². The van der Waals surface area contributed by atoms with Gasteiger partial charge in [0.25, 0.3) is 5.91 Å². The van der Waals surface area contributed by atoms with Crippen LogP contribution in [0.2, 0.25) is 10.0 Å². The number of halogens is 2. The molecule has 21 heavy (non-hydrogen) atoms. The number of nitrogens with two attached hydrogens (primary N) is 1. The second-order valence-electron chi connectivity index (χ2n) is 4.44. The molecule has 0 unspecified atom stereocenters. The van der Waals surface area contributed by atoms with Crippen LogP contribution in [0.15, 0.2) is 42.5 Å². The van der Waals surface area contributed by atoms with E-state index < -0.39 is 0 Å². The van der Waals surface area contributed by atoms with Gasteiger partial charge in [0.2, 0.25) is 0 Å². The van der Waals surface area contributed by atoms with E-state index >= 15 is 0 Å². The average molecular weight is 339 g/mol. The van der Waals surface area contributed by atoms with Crippen LogP contribution in [0.3, 0.4) is 0 Å². The zero-order valence-corrected chi connectivity index (χ0v) is 13.5. The Kier molecular flexibility index (Phi) is 4.83. The molecule has 6 heteroatoms. The van der Waals surface area contributed by atoms with Gasteiger partial charge in [-0.2, -0.15) is 0 Å². The molecule has 2 aromatic rings. The van der Waals surface area contributed by atoms with Crippen LogP contribution in [-0.4, -0.2) is 17.9 Å². The first kappa shape index (κ1) is 15.8. The first-order valence-electron chi connectivity index (χ1n) is 6.02. The van der Waals surface area contributed by atoms with Crippen molar-refractivity contribution < 1.29 is 4.79 Å². The summed E-state index contributed by atoms with van der Waals surface area (Å²) in [6.45, 7) is 0. The van der Waals surface area contributed by atoms with Gasteiger partial charge in [-0.3, -0.25) is 4.79 Å². The summed E-state index contributed by atoms with van der Waals surface area (Å²) in [6.07, 6.45) is 0. The Labute approximate surface area is 138 Å². The monoisotopic (exact) mass is 338 g/mol. The Morgan fingerprint density at radius 2 is 1.71 bits per heavy atom. The molecule has 0 aliphatic carbocycles. The van der Waals surface area contributed by atoms with Crippen molar-refractivity contribution in [3.8, 4) is 0 Å². The first-order chi connectivity index (χ1) is 9.88. The number of nitrogens with zero attached hydrogens (tertiary/aromatic N) is 1. The lowest BCUT2D eigenvalue weighted by atomic mass is 10.1. The van der Waals surface area contributed by atoms with Crippen LogP contribution in [0.5, 0.6) is 0 Å². The maximum Gasteiger partial charge on any atom is 0.258 e. The first-order valence-corrected chi connectivity index (χ1v) is 7.19. The molecule has 0 atom stereocenters. The number of carbonyl (C=O) groups excluding carboxylic acids is 1. The predicted octanol–water partition coefficient (Wildman–Crippen LogP) is 3.90. The van der Waals surface area contributed by atoms with Gasteiger partial charge in [0, 0.05) is 33.9 Å². The molecule has 0 saturated carbocycles. The molecule has 0 fully saturated rings. The minimum absolute atomic E-state index is 0.223. The molecular weight excluding hydrogens is 327 g/mol. The van der Waals surface area contributed by atoms with Crippen LogP contribution in [-0.2, 0) is 0 Å². The van der Waals surface area contributed by atoms with Crippen molar-refractivity contribution in [3.63, 3.8) is 0 Å². The lowest BCUT2D eigenvalue weighted by molar-refractivity contribution is 0.0993. The van der Waals surface area contributed by atoms with E-state index in [9.17, 15) is 4.79 Å². The van der Waals surface area contributed by atoms with E-state index in [0.29, 0.717) is 26.9 Å². The van der Waals surface area contributed by atoms with Gasteiger partial charge < -0.3 is 10.6 Å². The molecule has 1 amide bonds. The molecule has 0 aromatic heterocycles. The molecule has 108 valence electrons. The number of anilines is 1. The minimum atomic E-state index is -0.223. The molecule has 0 aliphatic heterocycles. The zero-order chi connectivity index (χ0) is 15.6. The number of hydrogen-bond acceptors (Lipinski definition) is 2. The van der Waals surface area contributed by atoms with Crippen LogP contribution in [0.1, 0.15) is 15.9 Å². The van der Waals surface area contributed by atoms with Gasteiger partial charge in [-0.05, 0) is 30.3 Å². The maximum atomic E-state index is 12.5. The van der Waals surface area contributed by atoms with E-state index in [1.54, 1.807) is 49.5 Å². The van der Waals surface area contributed by atoms with Gasteiger partial charge in [-0.15, -0.1) is 0 Å². The number of benzene rings is 2. The van der Waals surface area contributed by atoms with Gasteiger partial charge in [-0.1, -0.05) is 47.6 Å². The maximum absolute atomic E-state index is 12.5. The molecule has 0 radical (unpaired) electrons. The van der Waals surface area contributed by atoms with E-state index in [0.717, 1.165) is 0 Å². The normalized spacial score (nSPS) is 10.2. The molecule has 2 aromatic carbocycles. The lowest BCUT2D eigenvalue weighted by Gasteiger charge is -2.18. The lowest BCUT2D eigenvalue weighted by Crippen LogP contribution is -2.26. The van der Waals surface area contributed by atoms with Gasteiger partial charge >= 0.3 is 0 Å². The van der Waals surface area contributed by atoms with Gasteiger partial charge in [-0.25, -0.2) is 0 Å². The standard InChI is InChI=1S/C15H12Cl2N2OS/c1-19(13-4-2-3-9(7-13)14(18)21)15(20)10-5-11(16)8-12(17)6-10/h2-8H,1H3,(H2,18,21). The highest BCUT2D eigenvalue weighted by molar-refractivity contribution is 7.80. The summed E-state index contributed by atoms with van der Waals surface area (Å²) in [7, 11) is 1.66. The third-order valence-electron chi connectivity index (χ3n) is 2.93. The van der Waals surface area contributed by atoms with Crippen molar-refractivity contribution in [2.75, 3.05) is 11.9 Å². The molecule has 2 N–H and O–H groups in total. The number of rotatable bonds is 3. The number of carbonyl (C=O) groups is 1. The Bertz CT molecular complexity index is 698. The van der Waals surface area contributed by atoms with E-state index in [2.05, 4.69) is 0 Å². The minimum Gasteiger partial charge on any atom is -0.389 e. The Hall–Kier alpha value is -1.62. The zero-order valence-electron chi connectivity index (χ0n) is 11.1. The number of thiocarbonyl (C=S) groups is 1. The topological polar surface area (TPSA) is 46.3 Å². The summed E-state index contributed by atoms with van der Waals surface area (Å²) in [5, 5.41) is 0.826. The summed E-state index contributed by atoms with van der Waals surface area (Å²) in [4.78, 5) is 14.2. The van der Waals surface area contributed by atoms with Crippen LogP contribution in [0, 0.1) is 0 Å². The van der Waals surface area contributed by atoms with E-state index in [4.69, 9.17) is 41.2 Å². The number of amides is 1. The van der Waals surface area contributed by atoms with Crippen molar-refractivity contribution in [2.24, 2.45) is 5.73 Å². The molecular formula is C15H12Cl2N2OS. The quantitative estimate of drug-likeness (QED) is 0.863. The van der Waals surface area contributed by atoms with Crippen molar-refractivity contribution in [1.82, 2.24) is 0 Å². The SMILES string of the molecule is CN(C(=O)c1cc(Cl)cc(Cl)c1)c1cccc(C(N)=S)c1. The summed E-state index contributed by atoms with van der Waals surface area (Å²) in [5.74, 6) is -0.223. The Morgan fingerprint density at radius 3 is 2.29 bits per heavy atom. The molecule has 0 bridgehead atoms. The van der Waals surface area contributed by atoms with Crippen molar-refractivity contribution in [1.29, 1.82) is 0 Å². The molecule has 0 saturated heterocycles. The molecule has 2 rings (SSSR count). The molecule has 0 aliphatic rings. The largest absolute Gasteiger partial charge is 0.389 e. The second kappa shape index (κ2) is 6.43. The third kappa shape index (κ3) is 3.73. The third-order valence-corrected chi connectivity index (χ3v) is 3.60. The van der Waals surface area contributed by atoms with E-state index in [1.807, 2.05) is 0 Å². The summed E-state index contributed by atoms with van der Waals surface area (Å²) in [5.41, 5.74) is 7.40. The highest BCUT2D eigenvalue weighted by Gasteiger charge is 2.15. The van der Waals surface area contributed by atoms with Crippen LogP contribution < -0.4 is 10.6 Å². The van der Waals surface area contributed by atoms with Crippen LogP contribution in [0.4, 0.5) is 5.69 Å². The van der Waals surface area contributed by atoms with E-state index in [-0.39, 0.29) is 10.9 Å². The van der Waals surface area contributed by atoms with Gasteiger partial charge in [0.05, 0.1) is 0 Å².